The van der Waals surface area contributed by atoms with Gasteiger partial charge in [0, 0.05) is 12.3 Å². The molecule has 0 N–H and O–H groups in total. The molecule has 0 unspecified atom stereocenters. The van der Waals surface area contributed by atoms with Crippen molar-refractivity contribution < 1.29 is 17.9 Å². The number of ether oxygens (including phenoxy) is 1. The molecule has 1 aromatic heterocycles. The minimum Gasteiger partial charge on any atom is -0.473 e. The van der Waals surface area contributed by atoms with Crippen LogP contribution < -0.4 is 4.74 Å². The van der Waals surface area contributed by atoms with Gasteiger partial charge >= 0.3 is 6.18 Å². The van der Waals surface area contributed by atoms with Crippen LogP contribution in [0.15, 0.2) is 30.5 Å². The Morgan fingerprint density at radius 3 is 2.56 bits per heavy atom. The topological polar surface area (TPSA) is 22.1 Å². The first kappa shape index (κ1) is 12.5. The standard InChI is InChI=1S/C11H12F3NO/c1-2-3-4-7-16-10-6-5-9(8-15-10)11(12,13)14/h3-6,8H,2,7H2,1H3. The SMILES string of the molecule is CCC=CCOc1ccc(C(F)(F)F)cn1. The van der Waals surface area contributed by atoms with Gasteiger partial charge in [-0.1, -0.05) is 19.1 Å². The molecular formula is C11H12F3NO. The fraction of sp³-hybridized carbons (Fsp3) is 0.364. The molecule has 88 valence electrons. The van der Waals surface area contributed by atoms with Crippen molar-refractivity contribution in [3.8, 4) is 5.88 Å². The Kier molecular flexibility index (Phi) is 4.34. The maximum Gasteiger partial charge on any atom is 0.417 e. The van der Waals surface area contributed by atoms with Crippen molar-refractivity contribution in [3.63, 3.8) is 0 Å². The molecule has 16 heavy (non-hydrogen) atoms. The van der Waals surface area contributed by atoms with E-state index in [2.05, 4.69) is 4.98 Å². The average molecular weight is 231 g/mol. The normalized spacial score (nSPS) is 12.0. The Bertz CT molecular complexity index is 343. The minimum absolute atomic E-state index is 0.189. The number of rotatable bonds is 4. The Morgan fingerprint density at radius 1 is 1.31 bits per heavy atom. The molecule has 0 fully saturated rings. The van der Waals surface area contributed by atoms with Crippen molar-refractivity contribution in [2.75, 3.05) is 6.61 Å². The molecule has 0 amide bonds. The highest BCUT2D eigenvalue weighted by Crippen LogP contribution is 2.29. The Labute approximate surface area is 91.8 Å². The van der Waals surface area contributed by atoms with Crippen molar-refractivity contribution in [2.45, 2.75) is 19.5 Å². The molecule has 0 aliphatic carbocycles. The van der Waals surface area contributed by atoms with Crippen LogP contribution in [0.1, 0.15) is 18.9 Å². The van der Waals surface area contributed by atoms with Crippen LogP contribution in [0.5, 0.6) is 5.88 Å². The van der Waals surface area contributed by atoms with E-state index < -0.39 is 11.7 Å². The lowest BCUT2D eigenvalue weighted by atomic mass is 10.3. The van der Waals surface area contributed by atoms with Crippen molar-refractivity contribution in [1.82, 2.24) is 4.98 Å². The monoisotopic (exact) mass is 231 g/mol. The second-order valence-corrected chi connectivity index (χ2v) is 3.07. The summed E-state index contributed by atoms with van der Waals surface area (Å²) in [7, 11) is 0. The molecule has 0 radical (unpaired) electrons. The highest BCUT2D eigenvalue weighted by molar-refractivity contribution is 5.20. The van der Waals surface area contributed by atoms with Gasteiger partial charge in [0.2, 0.25) is 5.88 Å². The second-order valence-electron chi connectivity index (χ2n) is 3.07. The van der Waals surface area contributed by atoms with Gasteiger partial charge in [0.1, 0.15) is 6.61 Å². The van der Waals surface area contributed by atoms with Gasteiger partial charge in [-0.2, -0.15) is 13.2 Å². The lowest BCUT2D eigenvalue weighted by Gasteiger charge is -2.06. The van der Waals surface area contributed by atoms with E-state index in [1.54, 1.807) is 6.08 Å². The third-order valence-corrected chi connectivity index (χ3v) is 1.79. The number of allylic oxidation sites excluding steroid dienone is 1. The fourth-order valence-electron chi connectivity index (χ4n) is 1.00. The third-order valence-electron chi connectivity index (χ3n) is 1.79. The van der Waals surface area contributed by atoms with Crippen LogP contribution in [-0.2, 0) is 6.18 Å². The zero-order valence-electron chi connectivity index (χ0n) is 8.79. The zero-order valence-corrected chi connectivity index (χ0v) is 8.79. The van der Waals surface area contributed by atoms with Crippen LogP contribution in [0.3, 0.4) is 0 Å². The number of hydrogen-bond donors (Lipinski definition) is 0. The highest BCUT2D eigenvalue weighted by Gasteiger charge is 2.30. The van der Waals surface area contributed by atoms with E-state index in [1.165, 1.54) is 6.07 Å². The van der Waals surface area contributed by atoms with Crippen LogP contribution >= 0.6 is 0 Å². The summed E-state index contributed by atoms with van der Waals surface area (Å²) >= 11 is 0. The van der Waals surface area contributed by atoms with Crippen LogP contribution in [0.25, 0.3) is 0 Å². The first-order valence-electron chi connectivity index (χ1n) is 4.85. The van der Waals surface area contributed by atoms with E-state index in [4.69, 9.17) is 4.74 Å². The quantitative estimate of drug-likeness (QED) is 0.740. The predicted octanol–water partition coefficient (Wildman–Crippen LogP) is 3.45. The molecule has 1 rings (SSSR count). The maximum absolute atomic E-state index is 12.2. The van der Waals surface area contributed by atoms with Gasteiger partial charge in [-0.15, -0.1) is 0 Å². The van der Waals surface area contributed by atoms with Crippen molar-refractivity contribution in [3.05, 3.63) is 36.0 Å². The molecule has 2 nitrogen and oxygen atoms in total. The summed E-state index contributed by atoms with van der Waals surface area (Å²) in [5.74, 6) is 0.189. The van der Waals surface area contributed by atoms with Crippen molar-refractivity contribution >= 4 is 0 Å². The molecule has 0 atom stereocenters. The number of aromatic nitrogens is 1. The Morgan fingerprint density at radius 2 is 2.06 bits per heavy atom. The number of hydrogen-bond acceptors (Lipinski definition) is 2. The van der Waals surface area contributed by atoms with E-state index in [0.29, 0.717) is 6.61 Å². The molecule has 5 heteroatoms. The molecule has 0 aromatic carbocycles. The van der Waals surface area contributed by atoms with Gasteiger partial charge in [-0.05, 0) is 12.5 Å². The molecule has 0 aliphatic rings. The molecule has 1 heterocycles. The van der Waals surface area contributed by atoms with Crippen LogP contribution in [0.2, 0.25) is 0 Å². The van der Waals surface area contributed by atoms with Gasteiger partial charge in [0.15, 0.2) is 0 Å². The number of pyridine rings is 1. The first-order valence-corrected chi connectivity index (χ1v) is 4.85. The summed E-state index contributed by atoms with van der Waals surface area (Å²) in [6.45, 7) is 2.29. The Balaban J connectivity index is 2.55. The number of alkyl halides is 3. The summed E-state index contributed by atoms with van der Waals surface area (Å²) in [5, 5.41) is 0. The largest absolute Gasteiger partial charge is 0.473 e. The van der Waals surface area contributed by atoms with Crippen molar-refractivity contribution in [1.29, 1.82) is 0 Å². The smallest absolute Gasteiger partial charge is 0.417 e. The van der Waals surface area contributed by atoms with Crippen LogP contribution in [0.4, 0.5) is 13.2 Å². The van der Waals surface area contributed by atoms with E-state index in [9.17, 15) is 13.2 Å². The molecule has 0 aliphatic heterocycles. The van der Waals surface area contributed by atoms with E-state index in [1.807, 2.05) is 13.0 Å². The van der Waals surface area contributed by atoms with E-state index in [0.717, 1.165) is 18.7 Å². The predicted molar refractivity (Wildman–Crippen MR) is 54.2 cm³/mol. The fourth-order valence-corrected chi connectivity index (χ4v) is 1.00. The lowest BCUT2D eigenvalue weighted by molar-refractivity contribution is -0.137. The summed E-state index contributed by atoms with van der Waals surface area (Å²) in [5.41, 5.74) is -0.774. The summed E-state index contributed by atoms with van der Waals surface area (Å²) in [6, 6.07) is 2.16. The highest BCUT2D eigenvalue weighted by atomic mass is 19.4. The van der Waals surface area contributed by atoms with Gasteiger partial charge in [-0.3, -0.25) is 0 Å². The lowest BCUT2D eigenvalue weighted by Crippen LogP contribution is -2.05. The molecule has 1 aromatic rings. The molecular weight excluding hydrogens is 219 g/mol. The van der Waals surface area contributed by atoms with Gasteiger partial charge in [-0.25, -0.2) is 4.98 Å². The van der Waals surface area contributed by atoms with Gasteiger partial charge in [0.25, 0.3) is 0 Å². The van der Waals surface area contributed by atoms with Crippen LogP contribution in [-0.4, -0.2) is 11.6 Å². The zero-order chi connectivity index (χ0) is 12.0. The van der Waals surface area contributed by atoms with E-state index in [-0.39, 0.29) is 5.88 Å². The van der Waals surface area contributed by atoms with Gasteiger partial charge in [0.05, 0.1) is 5.56 Å². The summed E-state index contributed by atoms with van der Waals surface area (Å²) in [4.78, 5) is 3.57. The summed E-state index contributed by atoms with van der Waals surface area (Å²) < 4.78 is 41.7. The molecule has 0 saturated carbocycles. The molecule has 0 bridgehead atoms. The van der Waals surface area contributed by atoms with Crippen molar-refractivity contribution in [2.24, 2.45) is 0 Å². The molecule has 0 saturated heterocycles. The van der Waals surface area contributed by atoms with Gasteiger partial charge < -0.3 is 4.74 Å². The third kappa shape index (κ3) is 3.92. The average Bonchev–Trinajstić information content (AvgIpc) is 2.24. The maximum atomic E-state index is 12.2. The second kappa shape index (κ2) is 5.53. The summed E-state index contributed by atoms with van der Waals surface area (Å²) in [6.07, 6.45) is 1.000. The molecule has 0 spiro atoms. The number of halogens is 3. The first-order chi connectivity index (χ1) is 7.54. The minimum atomic E-state index is -4.35. The Hall–Kier alpha value is -1.52. The van der Waals surface area contributed by atoms with Crippen LogP contribution in [0, 0.1) is 0 Å². The van der Waals surface area contributed by atoms with E-state index >= 15 is 0 Å². The number of nitrogens with zero attached hydrogens (tertiary/aromatic N) is 1.